The van der Waals surface area contributed by atoms with Crippen molar-refractivity contribution in [2.24, 2.45) is 54.1 Å². The van der Waals surface area contributed by atoms with Crippen LogP contribution in [0.15, 0.2) is 23.3 Å². The summed E-state index contributed by atoms with van der Waals surface area (Å²) in [6, 6.07) is 5.42. The van der Waals surface area contributed by atoms with E-state index in [9.17, 15) is 19.2 Å². The van der Waals surface area contributed by atoms with Crippen LogP contribution in [0.4, 0.5) is 0 Å². The Morgan fingerprint density at radius 1 is 0.552 bits per heavy atom. The molecule has 0 aromatic carbocycles. The third-order valence-electron chi connectivity index (χ3n) is 25.2. The number of rotatable bonds is 5. The first-order chi connectivity index (χ1) is 44.6. The minimum absolute atomic E-state index is 0. The van der Waals surface area contributed by atoms with Gasteiger partial charge >= 0.3 is 1.28 Å². The van der Waals surface area contributed by atoms with Crippen molar-refractivity contribution < 1.29 is 52.3 Å². The molecule has 3 saturated carbocycles. The second-order valence-corrected chi connectivity index (χ2v) is 35.4. The van der Waals surface area contributed by atoms with Crippen molar-refractivity contribution in [2.45, 2.75) is 354 Å². The predicted octanol–water partition coefficient (Wildman–Crippen LogP) is 18.2. The maximum absolute atomic E-state index is 12.4. The van der Waals surface area contributed by atoms with Crippen LogP contribution in [0.1, 0.15) is 281 Å². The van der Waals surface area contributed by atoms with Gasteiger partial charge in [0.15, 0.2) is 36.2 Å². The summed E-state index contributed by atoms with van der Waals surface area (Å²) in [6.07, 6.45) is 26.0. The van der Waals surface area contributed by atoms with E-state index < -0.39 is 35.1 Å². The van der Waals surface area contributed by atoms with Crippen molar-refractivity contribution in [3.8, 4) is 18.2 Å². The lowest BCUT2D eigenvalue weighted by Gasteiger charge is -2.61. The van der Waals surface area contributed by atoms with Gasteiger partial charge in [0.25, 0.3) is 6.04 Å². The summed E-state index contributed by atoms with van der Waals surface area (Å²) in [7, 11) is 2.20. The Balaban J connectivity index is 0.000000251. The molecule has 0 aromatic rings. The standard InChI is InChI=1S/C16H28O3.C15H23NO2.2C15H21NO2.C14H24O2.C2H3N.CH4.H2P2S/c1-5-15-7-6-12(2)19-13(15)14(3,4)16(9-8-15)17-10-11-18-16;1-6-15-8-7-10(2)18-13(15)14(3,4)12(17)11(9-15)16-5;2*1-5-15-7-6-10(2)18-13(15)14(3,4)12(17)11(8-15)9-16;1-5-14-8-6-10(2)16-12(14)13(3,4)11(15)7-9-14;1-2-3;;1-2-3/h12-13H,5-11H2,1-4H3;10-11,13H,6-9H2,1-4H3;2*8,10,13H,5-7H2,1-4H3;10,12H,5-9H2,1-4H3;1H3;1H4;1H2/p+1/t12-,13-,15-;10-,11?,13-,15-;2*10-,13-,15-;10-,12-,14-;;;/m00100.../s1/i/hT. The van der Waals surface area contributed by atoms with Gasteiger partial charge in [-0.15, -0.1) is 0 Å². The summed E-state index contributed by atoms with van der Waals surface area (Å²) in [6.45, 7) is 51.0. The number of hydrogen-bond acceptors (Lipinski definition) is 15. The molecule has 0 bridgehead atoms. The molecule has 0 radical (unpaired) electrons. The molecular formula is C78H127N4O11P2S+. The number of ketones is 4. The van der Waals surface area contributed by atoms with Crippen molar-refractivity contribution >= 4 is 50.9 Å². The fourth-order valence-electron chi connectivity index (χ4n) is 19.1. The Hall–Kier alpha value is -3.21. The lowest BCUT2D eigenvalue weighted by Crippen LogP contribution is -2.64. The van der Waals surface area contributed by atoms with Gasteiger partial charge in [0.2, 0.25) is 5.78 Å². The Labute approximate surface area is 591 Å². The van der Waals surface area contributed by atoms with Crippen molar-refractivity contribution in [1.82, 2.24) is 0 Å². The van der Waals surface area contributed by atoms with Crippen LogP contribution in [-0.4, -0.2) is 110 Å². The highest BCUT2D eigenvalue weighted by molar-refractivity contribution is 8.24. The highest BCUT2D eigenvalue weighted by Crippen LogP contribution is 2.62. The van der Waals surface area contributed by atoms with E-state index >= 15 is 0 Å². The van der Waals surface area contributed by atoms with Gasteiger partial charge in [-0.25, -0.2) is 6.57 Å². The minimum Gasteiger partial charge on any atom is -0.374 e. The first-order valence-corrected chi connectivity index (χ1v) is 39.5. The molecule has 1 spiro atoms. The Kier molecular flexibility index (Phi) is 29.3. The summed E-state index contributed by atoms with van der Waals surface area (Å²) in [5.74, 6) is -0.106. The largest absolute Gasteiger partial charge is 0.374 e. The lowest BCUT2D eigenvalue weighted by molar-refractivity contribution is -0.323. The quantitative estimate of drug-likeness (QED) is 0.185. The van der Waals surface area contributed by atoms with E-state index in [4.69, 9.17) is 56.8 Å². The first-order valence-electron chi connectivity index (χ1n) is 36.5. The van der Waals surface area contributed by atoms with Crippen LogP contribution in [-0.2, 0) is 64.1 Å². The molecule has 0 aromatic heterocycles. The van der Waals surface area contributed by atoms with Crippen LogP contribution in [0.5, 0.6) is 0 Å². The van der Waals surface area contributed by atoms with E-state index in [1.54, 1.807) is 6.07 Å². The molecule has 6 saturated heterocycles. The normalized spacial score (nSPS) is 39.0. The van der Waals surface area contributed by atoms with Gasteiger partial charge < -0.3 is 38.0 Å². The maximum Gasteiger partial charge on any atom is 0.355 e. The van der Waals surface area contributed by atoms with Gasteiger partial charge in [0, 0.05) is 47.8 Å². The maximum atomic E-state index is 12.4. The molecule has 0 N–H and O–H groups in total. The third kappa shape index (κ3) is 16.6. The van der Waals surface area contributed by atoms with Crippen LogP contribution < -0.4 is 0 Å². The Morgan fingerprint density at radius 2 is 0.896 bits per heavy atom. The van der Waals surface area contributed by atoms with Crippen molar-refractivity contribution in [3.05, 3.63) is 34.7 Å². The molecule has 3 unspecified atom stereocenters. The number of nitriles is 3. The fraction of sp³-hybridized carbons (Fsp3) is 0.846. The molecule has 6 aliphatic heterocycles. The summed E-state index contributed by atoms with van der Waals surface area (Å²) in [5, 5.41) is 25.7. The molecule has 0 amide bonds. The van der Waals surface area contributed by atoms with Crippen LogP contribution in [0.3, 0.4) is 0 Å². The van der Waals surface area contributed by atoms with Crippen molar-refractivity contribution in [1.29, 1.82) is 17.1 Å². The van der Waals surface area contributed by atoms with E-state index in [1.165, 1.54) is 39.0 Å². The molecule has 540 valence electrons. The Morgan fingerprint density at radius 3 is 1.26 bits per heavy atom. The number of ether oxygens (including phenoxy) is 7. The van der Waals surface area contributed by atoms with E-state index in [0.29, 0.717) is 41.0 Å². The van der Waals surface area contributed by atoms with E-state index in [1.807, 2.05) is 53.7 Å². The number of hydrogen-bond donors (Lipinski definition) is 0. The zero-order valence-electron chi connectivity index (χ0n) is 63.3. The monoisotopic (exact) mass is 1390 g/mol. The molecule has 11 rings (SSSR count). The van der Waals surface area contributed by atoms with Crippen LogP contribution in [0.25, 0.3) is 4.85 Å². The number of nitrogens with zero attached hydrogens (tertiary/aromatic N) is 4. The van der Waals surface area contributed by atoms with Crippen LogP contribution in [0, 0.1) is 94.7 Å². The van der Waals surface area contributed by atoms with Gasteiger partial charge in [-0.2, -0.15) is 15.8 Å². The van der Waals surface area contributed by atoms with E-state index in [0.717, 1.165) is 103 Å². The molecule has 9 fully saturated rings. The third-order valence-corrected chi connectivity index (χ3v) is 25.2. The summed E-state index contributed by atoms with van der Waals surface area (Å²) in [4.78, 5) is 52.7. The highest BCUT2D eigenvalue weighted by atomic mass is 32.6. The van der Waals surface area contributed by atoms with Gasteiger partial charge in [-0.1, -0.05) is 95.7 Å². The molecule has 18 heteroatoms. The highest BCUT2D eigenvalue weighted by Gasteiger charge is 2.66. The van der Waals surface area contributed by atoms with Gasteiger partial charge in [-0.05, 0) is 182 Å². The SMILES string of the molecule is C.CC#N.CC[C@@]12C=C(C#N)C(=O)C(C)(C)[C@H]1O[C@H](C)CC2.CC[C@@]12CC[C@H](C)O[C@H]1C(C)(C)C1(CC2)OCCO1.CC[C@]12C=C(C#N)C(=O)C(C)(C)[C@@H]1O[C@@H](C)CC2.CC[C@]12CCC(=O)C(C)(C)[C@@H]1O[C@@H](C)CC2.[3H][P+](P)=S.[C-]#[N+]C1C[C@]2(CC)CC[C@H](C)O[C@H]2C(C)(C)C1=O. The molecular weight excluding hydrogens is 1260 g/mol. The number of Topliss-reactive ketones (excluding diaryl/α,β-unsaturated/α-hetero) is 4. The van der Waals surface area contributed by atoms with Crippen molar-refractivity contribution in [2.75, 3.05) is 13.2 Å². The molecule has 15 nitrogen and oxygen atoms in total. The number of carbonyl (C=O) groups excluding carboxylic acids is 4. The molecule has 11 aliphatic rings. The average Bonchev–Trinajstić information content (AvgIpc) is 1.69. The number of carbonyl (C=O) groups is 4. The van der Waals surface area contributed by atoms with Gasteiger partial charge in [0.1, 0.15) is 17.9 Å². The summed E-state index contributed by atoms with van der Waals surface area (Å²) >= 11 is 4.31. The van der Waals surface area contributed by atoms with Crippen molar-refractivity contribution in [3.63, 3.8) is 0 Å². The molecule has 96 heavy (non-hydrogen) atoms. The lowest BCUT2D eigenvalue weighted by atomic mass is 9.54. The van der Waals surface area contributed by atoms with Gasteiger partial charge in [-0.3, -0.25) is 19.2 Å². The zero-order valence-corrected chi connectivity index (χ0v) is 65.1. The number of fused-ring (bicyclic) bond motifs is 5. The molecule has 5 aliphatic carbocycles. The van der Waals surface area contributed by atoms with Crippen LogP contribution >= 0.6 is 15.9 Å². The topological polar surface area (TPSA) is 209 Å². The zero-order chi connectivity index (χ0) is 72.6. The second-order valence-electron chi connectivity index (χ2n) is 32.7. The minimum atomic E-state index is -0.870. The number of allylic oxidation sites excluding steroid dienone is 2. The smallest absolute Gasteiger partial charge is 0.355 e. The molecule has 18 atom stereocenters. The van der Waals surface area contributed by atoms with E-state index in [-0.39, 0.29) is 106 Å². The molecule has 6 heterocycles. The van der Waals surface area contributed by atoms with Crippen LogP contribution in [0.2, 0.25) is 0 Å². The summed E-state index contributed by atoms with van der Waals surface area (Å²) < 4.78 is 49.5. The fourth-order valence-corrected chi connectivity index (χ4v) is 19.1. The predicted molar refractivity (Wildman–Crippen MR) is 389 cm³/mol. The first kappa shape index (κ1) is 83.5. The Bertz CT molecular complexity index is 2940. The second kappa shape index (κ2) is 33.7. The van der Waals surface area contributed by atoms with Gasteiger partial charge in [0.05, 0.1) is 122 Å². The average molecular weight is 1390 g/mol. The summed E-state index contributed by atoms with van der Waals surface area (Å²) in [5.41, 5.74) is -1.14. The van der Waals surface area contributed by atoms with E-state index in [2.05, 4.69) is 135 Å².